The van der Waals surface area contributed by atoms with Crippen LogP contribution in [-0.2, 0) is 6.54 Å². The predicted octanol–water partition coefficient (Wildman–Crippen LogP) is 1.18. The van der Waals surface area contributed by atoms with Crippen molar-refractivity contribution in [3.05, 3.63) is 60.3 Å². The van der Waals surface area contributed by atoms with Crippen LogP contribution in [0, 0.1) is 0 Å². The summed E-state index contributed by atoms with van der Waals surface area (Å²) >= 11 is 1.79. The molecule has 0 aliphatic carbocycles. The molecule has 1 aliphatic rings. The number of fused-ring (bicyclic) bond motifs is 3. The first kappa shape index (κ1) is 15.1. The zero-order valence-electron chi connectivity index (χ0n) is 14.1. The number of quaternary nitrogens is 2. The van der Waals surface area contributed by atoms with E-state index < -0.39 is 0 Å². The quantitative estimate of drug-likeness (QED) is 0.572. The van der Waals surface area contributed by atoms with Gasteiger partial charge in [-0.25, -0.2) is 4.98 Å². The van der Waals surface area contributed by atoms with E-state index in [9.17, 15) is 0 Å². The minimum Gasteiger partial charge on any atom is -0.337 e. The van der Waals surface area contributed by atoms with E-state index >= 15 is 0 Å². The number of aromatic nitrogens is 2. The molecule has 126 valence electrons. The van der Waals surface area contributed by atoms with Gasteiger partial charge in [-0.05, 0) is 12.1 Å². The van der Waals surface area contributed by atoms with Crippen molar-refractivity contribution in [1.29, 1.82) is 0 Å². The van der Waals surface area contributed by atoms with Gasteiger partial charge in [0.1, 0.15) is 38.4 Å². The predicted molar refractivity (Wildman–Crippen MR) is 102 cm³/mol. The largest absolute Gasteiger partial charge is 0.337 e. The summed E-state index contributed by atoms with van der Waals surface area (Å²) in [6.07, 6.45) is 0. The zero-order valence-corrected chi connectivity index (χ0v) is 14.9. The van der Waals surface area contributed by atoms with Gasteiger partial charge in [-0.1, -0.05) is 53.8 Å². The maximum atomic E-state index is 5.05. The number of benzene rings is 2. The Hall–Kier alpha value is -2.21. The summed E-state index contributed by atoms with van der Waals surface area (Å²) < 4.78 is 3.71. The number of thiazole rings is 1. The Labute approximate surface area is 150 Å². The van der Waals surface area contributed by atoms with Gasteiger partial charge in [-0.2, -0.15) is 0 Å². The lowest BCUT2D eigenvalue weighted by Gasteiger charge is -2.22. The van der Waals surface area contributed by atoms with E-state index in [0.717, 1.165) is 17.2 Å². The number of rotatable bonds is 3. The van der Waals surface area contributed by atoms with Crippen molar-refractivity contribution in [2.75, 3.05) is 26.2 Å². The lowest BCUT2D eigenvalue weighted by Crippen LogP contribution is -3.19. The zero-order chi connectivity index (χ0) is 16.6. The summed E-state index contributed by atoms with van der Waals surface area (Å²) in [7, 11) is 0. The van der Waals surface area contributed by atoms with Gasteiger partial charge >= 0.3 is 0 Å². The van der Waals surface area contributed by atoms with Crippen LogP contribution in [0.15, 0.2) is 54.6 Å². The van der Waals surface area contributed by atoms with Crippen LogP contribution in [0.5, 0.6) is 0 Å². The molecule has 0 amide bonds. The Morgan fingerprint density at radius 2 is 1.76 bits per heavy atom. The van der Waals surface area contributed by atoms with Crippen molar-refractivity contribution in [1.82, 2.24) is 9.38 Å². The van der Waals surface area contributed by atoms with Gasteiger partial charge in [0.15, 0.2) is 4.96 Å². The minimum absolute atomic E-state index is 1.04. The monoisotopic (exact) mass is 350 g/mol. The van der Waals surface area contributed by atoms with Gasteiger partial charge in [0.25, 0.3) is 0 Å². The molecule has 0 bridgehead atoms. The summed E-state index contributed by atoms with van der Waals surface area (Å²) in [6, 6.07) is 19.3. The highest BCUT2D eigenvalue weighted by molar-refractivity contribution is 7.23. The smallest absolute Gasteiger partial charge is 0.195 e. The van der Waals surface area contributed by atoms with Crippen molar-refractivity contribution in [3.63, 3.8) is 0 Å². The molecule has 3 N–H and O–H groups in total. The summed E-state index contributed by atoms with van der Waals surface area (Å²) in [6.45, 7) is 5.94. The fourth-order valence-electron chi connectivity index (χ4n) is 3.86. The Bertz CT molecular complexity index is 1010. The van der Waals surface area contributed by atoms with Gasteiger partial charge in [-0.15, -0.1) is 0 Å². The highest BCUT2D eigenvalue weighted by Gasteiger charge is 2.24. The molecule has 25 heavy (non-hydrogen) atoms. The fraction of sp³-hybridized carbons (Fsp3) is 0.250. The molecule has 1 aliphatic heterocycles. The maximum absolute atomic E-state index is 5.05. The van der Waals surface area contributed by atoms with Crippen LogP contribution in [0.25, 0.3) is 26.4 Å². The van der Waals surface area contributed by atoms with E-state index in [1.54, 1.807) is 16.2 Å². The summed E-state index contributed by atoms with van der Waals surface area (Å²) in [5.74, 6) is 0. The van der Waals surface area contributed by atoms with E-state index in [2.05, 4.69) is 64.3 Å². The van der Waals surface area contributed by atoms with Crippen LogP contribution in [-0.4, -0.2) is 35.6 Å². The van der Waals surface area contributed by atoms with Crippen LogP contribution in [0.1, 0.15) is 5.69 Å². The number of nitrogens with zero attached hydrogens (tertiary/aromatic N) is 2. The molecule has 2 aromatic heterocycles. The normalized spacial score (nSPS) is 16.0. The van der Waals surface area contributed by atoms with Gasteiger partial charge in [0.2, 0.25) is 0 Å². The van der Waals surface area contributed by atoms with E-state index in [1.165, 1.54) is 47.7 Å². The maximum Gasteiger partial charge on any atom is 0.195 e. The topological polar surface area (TPSA) is 38.4 Å². The second-order valence-electron chi connectivity index (χ2n) is 6.75. The number of hydrogen-bond donors (Lipinski definition) is 2. The lowest BCUT2D eigenvalue weighted by molar-refractivity contribution is -0.958. The van der Waals surface area contributed by atoms with Crippen molar-refractivity contribution in [3.8, 4) is 11.3 Å². The van der Waals surface area contributed by atoms with Crippen LogP contribution in [0.2, 0.25) is 0 Å². The van der Waals surface area contributed by atoms with Crippen molar-refractivity contribution in [2.24, 2.45) is 0 Å². The van der Waals surface area contributed by atoms with Gasteiger partial charge in [0.05, 0.1) is 15.9 Å². The van der Waals surface area contributed by atoms with Gasteiger partial charge in [0, 0.05) is 5.56 Å². The number of hydrogen-bond acceptors (Lipinski definition) is 2. The van der Waals surface area contributed by atoms with Gasteiger partial charge < -0.3 is 10.2 Å². The molecule has 5 rings (SSSR count). The van der Waals surface area contributed by atoms with Crippen molar-refractivity contribution in [2.45, 2.75) is 6.54 Å². The number of piperazine rings is 1. The van der Waals surface area contributed by atoms with E-state index in [0.29, 0.717) is 0 Å². The first-order valence-corrected chi connectivity index (χ1v) is 9.81. The second-order valence-corrected chi connectivity index (χ2v) is 7.76. The summed E-state index contributed by atoms with van der Waals surface area (Å²) in [4.78, 5) is 7.82. The number of imidazole rings is 1. The van der Waals surface area contributed by atoms with Crippen LogP contribution < -0.4 is 10.2 Å². The third-order valence-electron chi connectivity index (χ3n) is 5.12. The third kappa shape index (κ3) is 2.65. The minimum atomic E-state index is 1.04. The molecule has 0 unspecified atom stereocenters. The molecule has 0 radical (unpaired) electrons. The Morgan fingerprint density at radius 1 is 1.00 bits per heavy atom. The Kier molecular flexibility index (Phi) is 3.77. The molecule has 4 nitrogen and oxygen atoms in total. The number of para-hydroxylation sites is 1. The Balaban J connectivity index is 1.71. The molecule has 1 saturated heterocycles. The second kappa shape index (κ2) is 6.26. The average Bonchev–Trinajstić information content (AvgIpc) is 3.20. The van der Waals surface area contributed by atoms with E-state index in [1.807, 2.05) is 0 Å². The molecule has 0 atom stereocenters. The molecule has 3 heterocycles. The van der Waals surface area contributed by atoms with Crippen LogP contribution in [0.3, 0.4) is 0 Å². The van der Waals surface area contributed by atoms with Crippen LogP contribution >= 0.6 is 11.3 Å². The average molecular weight is 350 g/mol. The number of nitrogens with one attached hydrogen (secondary N) is 1. The molecule has 4 aromatic rings. The molecule has 0 spiro atoms. The standard InChI is InChI=1S/C20H20N4S/c1-2-6-15(7-3-1)19-17(14-23-12-10-21-11-13-23)24-16-8-4-5-9-18(16)25-20(24)22-19/h1-9,21H,10-14H2/p+2. The summed E-state index contributed by atoms with van der Waals surface area (Å²) in [5, 5.41) is 2.42. The van der Waals surface area contributed by atoms with E-state index in [-0.39, 0.29) is 0 Å². The first-order chi connectivity index (χ1) is 12.4. The molecule has 2 aromatic carbocycles. The molecule has 1 fully saturated rings. The number of nitrogens with two attached hydrogens (primary N) is 1. The molecule has 0 saturated carbocycles. The molecule has 5 heteroatoms. The van der Waals surface area contributed by atoms with Crippen LogP contribution in [0.4, 0.5) is 0 Å². The SMILES string of the molecule is c1ccc(-c2nc3sc4ccccc4n3c2C[NH+]2CC[NH2+]CC2)cc1. The fourth-order valence-corrected chi connectivity index (χ4v) is 4.90. The van der Waals surface area contributed by atoms with E-state index in [4.69, 9.17) is 4.98 Å². The summed E-state index contributed by atoms with van der Waals surface area (Å²) in [5.41, 5.74) is 5.02. The third-order valence-corrected chi connectivity index (χ3v) is 6.14. The lowest BCUT2D eigenvalue weighted by atomic mass is 10.1. The highest BCUT2D eigenvalue weighted by atomic mass is 32.1. The highest BCUT2D eigenvalue weighted by Crippen LogP contribution is 2.32. The Morgan fingerprint density at radius 3 is 2.60 bits per heavy atom. The van der Waals surface area contributed by atoms with Crippen molar-refractivity contribution < 1.29 is 10.2 Å². The van der Waals surface area contributed by atoms with Crippen molar-refractivity contribution >= 4 is 26.5 Å². The molecular formula is C20H22N4S+2. The molecular weight excluding hydrogens is 328 g/mol. The van der Waals surface area contributed by atoms with Gasteiger partial charge in [-0.3, -0.25) is 4.40 Å². The first-order valence-electron chi connectivity index (χ1n) is 9.00.